The number of nitrogens with zero attached hydrogens (tertiary/aromatic N) is 2. The van der Waals surface area contributed by atoms with Crippen LogP contribution < -0.4 is 5.32 Å². The Morgan fingerprint density at radius 3 is 2.71 bits per heavy atom. The van der Waals surface area contributed by atoms with Crippen molar-refractivity contribution in [1.82, 2.24) is 15.1 Å². The van der Waals surface area contributed by atoms with Gasteiger partial charge in [-0.15, -0.1) is 0 Å². The molecule has 4 nitrogen and oxygen atoms in total. The summed E-state index contributed by atoms with van der Waals surface area (Å²) in [6, 6.07) is 4.97. The van der Waals surface area contributed by atoms with Crippen molar-refractivity contribution in [3.8, 4) is 0 Å². The molecule has 3 saturated heterocycles. The van der Waals surface area contributed by atoms with Gasteiger partial charge in [-0.05, 0) is 88.5 Å². The lowest BCUT2D eigenvalue weighted by atomic mass is 9.68. The van der Waals surface area contributed by atoms with Crippen molar-refractivity contribution in [2.24, 2.45) is 11.8 Å². The molecule has 3 fully saturated rings. The van der Waals surface area contributed by atoms with Gasteiger partial charge in [0, 0.05) is 25.2 Å². The molecule has 0 aromatic heterocycles. The molecular weight excluding hydrogens is 432 g/mol. The molecule has 2 bridgehead atoms. The summed E-state index contributed by atoms with van der Waals surface area (Å²) in [6.45, 7) is 5.41. The van der Waals surface area contributed by atoms with Crippen molar-refractivity contribution in [3.05, 3.63) is 47.0 Å². The first-order chi connectivity index (χ1) is 16.6. The van der Waals surface area contributed by atoms with Crippen LogP contribution in [-0.2, 0) is 0 Å². The molecule has 6 heteroatoms. The van der Waals surface area contributed by atoms with Crippen LogP contribution in [0, 0.1) is 23.5 Å². The number of hydrogen-bond acceptors (Lipinski definition) is 3. The zero-order valence-electron chi connectivity index (χ0n) is 20.3. The van der Waals surface area contributed by atoms with E-state index in [1.165, 1.54) is 70.6 Å². The maximum absolute atomic E-state index is 13.7. The molecule has 186 valence electrons. The minimum Gasteiger partial charge on any atom is -0.352 e. The lowest BCUT2D eigenvalue weighted by Crippen LogP contribution is -2.59. The molecule has 0 saturated carbocycles. The van der Waals surface area contributed by atoms with Gasteiger partial charge in [-0.3, -0.25) is 14.6 Å². The molecule has 0 spiro atoms. The predicted octanol–water partition coefficient (Wildman–Crippen LogP) is 5.15. The van der Waals surface area contributed by atoms with Crippen molar-refractivity contribution in [1.29, 1.82) is 0 Å². The van der Waals surface area contributed by atoms with Crippen LogP contribution in [0.1, 0.15) is 74.6 Å². The van der Waals surface area contributed by atoms with Gasteiger partial charge in [0.2, 0.25) is 0 Å². The number of hydrogen-bond donors (Lipinski definition) is 1. The minimum atomic E-state index is -0.810. The lowest BCUT2D eigenvalue weighted by Gasteiger charge is -2.55. The van der Waals surface area contributed by atoms with Crippen molar-refractivity contribution < 1.29 is 13.6 Å². The average Bonchev–Trinajstić information content (AvgIpc) is 2.83. The summed E-state index contributed by atoms with van der Waals surface area (Å²) in [5.74, 6) is -0.695. The number of benzene rings is 1. The van der Waals surface area contributed by atoms with Crippen molar-refractivity contribution in [3.63, 3.8) is 0 Å². The maximum Gasteiger partial charge on any atom is 0.257 e. The highest BCUT2D eigenvalue weighted by molar-refractivity contribution is 5.94. The molecule has 1 aromatic rings. The number of nitrogens with one attached hydrogen (secondary N) is 1. The summed E-state index contributed by atoms with van der Waals surface area (Å²) in [6.07, 6.45) is 15.0. The van der Waals surface area contributed by atoms with E-state index in [9.17, 15) is 13.6 Å². The second kappa shape index (κ2) is 10.9. The molecule has 3 aliphatic heterocycles. The summed E-state index contributed by atoms with van der Waals surface area (Å²) in [7, 11) is 0. The monoisotopic (exact) mass is 471 g/mol. The predicted molar refractivity (Wildman–Crippen MR) is 131 cm³/mol. The van der Waals surface area contributed by atoms with Crippen LogP contribution in [0.5, 0.6) is 0 Å². The topological polar surface area (TPSA) is 35.6 Å². The fraction of sp³-hybridized carbons (Fsp3) is 0.679. The fourth-order valence-corrected chi connectivity index (χ4v) is 7.13. The van der Waals surface area contributed by atoms with Crippen LogP contribution in [0.15, 0.2) is 29.8 Å². The van der Waals surface area contributed by atoms with E-state index >= 15 is 0 Å². The summed E-state index contributed by atoms with van der Waals surface area (Å²) in [5, 5.41) is 2.66. The molecule has 1 aromatic carbocycles. The highest BCUT2D eigenvalue weighted by atomic mass is 19.1. The fourth-order valence-electron chi connectivity index (χ4n) is 7.13. The first-order valence-electron chi connectivity index (χ1n) is 13.5. The molecule has 1 aliphatic carbocycles. The number of unbranched alkanes of at least 4 members (excludes halogenated alkanes) is 3. The largest absolute Gasteiger partial charge is 0.352 e. The van der Waals surface area contributed by atoms with Gasteiger partial charge in [0.05, 0.1) is 0 Å². The number of carbonyl (C=O) groups excluding carboxylic acids is 1. The van der Waals surface area contributed by atoms with Gasteiger partial charge in [0.1, 0.15) is 17.2 Å². The third kappa shape index (κ3) is 5.08. The molecule has 3 heterocycles. The molecule has 1 amide bonds. The SMILES string of the molecule is O=C(NCCCCCCN1CCCC2=C[C@@H]3C[C@@H](CN4CCCC[C@H]34)[C@@H]21)c1c(F)cccc1F. The second-order valence-electron chi connectivity index (χ2n) is 10.8. The summed E-state index contributed by atoms with van der Waals surface area (Å²) < 4.78 is 27.4. The summed E-state index contributed by atoms with van der Waals surface area (Å²) in [5.41, 5.74) is 1.26. The number of fused-ring (bicyclic) bond motifs is 6. The number of amides is 1. The van der Waals surface area contributed by atoms with E-state index in [1.54, 1.807) is 5.57 Å². The van der Waals surface area contributed by atoms with Crippen LogP contribution in [0.4, 0.5) is 8.78 Å². The minimum absolute atomic E-state index is 0.451. The number of likely N-dealkylation sites (tertiary alicyclic amines) is 1. The smallest absolute Gasteiger partial charge is 0.257 e. The molecule has 0 unspecified atom stereocenters. The van der Waals surface area contributed by atoms with E-state index in [1.807, 2.05) is 0 Å². The Morgan fingerprint density at radius 1 is 1.03 bits per heavy atom. The Bertz CT molecular complexity index is 883. The lowest BCUT2D eigenvalue weighted by molar-refractivity contribution is -0.000974. The molecule has 4 aliphatic rings. The highest BCUT2D eigenvalue weighted by Gasteiger charge is 2.45. The van der Waals surface area contributed by atoms with Crippen LogP contribution in [0.25, 0.3) is 0 Å². The quantitative estimate of drug-likeness (QED) is 0.421. The number of piperidine rings is 3. The molecule has 4 atom stereocenters. The van der Waals surface area contributed by atoms with E-state index in [2.05, 4.69) is 21.2 Å². The standard InChI is InChI=1S/C28H39F2N3O/c29-23-10-7-11-24(30)26(23)28(34)31-13-4-1-2-5-14-32-16-8-9-20-17-21-18-22(27(20)32)19-33-15-6-3-12-25(21)33/h7,10-11,17,21-22,25,27H,1-6,8-9,12-16,18-19H2,(H,31,34)/t21-,22+,25-,27-/m1/s1. The van der Waals surface area contributed by atoms with Crippen LogP contribution in [-0.4, -0.2) is 60.5 Å². The van der Waals surface area contributed by atoms with E-state index in [0.29, 0.717) is 12.6 Å². The van der Waals surface area contributed by atoms with Gasteiger partial charge < -0.3 is 5.32 Å². The van der Waals surface area contributed by atoms with Crippen LogP contribution in [0.3, 0.4) is 0 Å². The highest BCUT2D eigenvalue weighted by Crippen LogP contribution is 2.45. The maximum atomic E-state index is 13.7. The Labute approximate surface area is 202 Å². The van der Waals surface area contributed by atoms with Crippen LogP contribution in [0.2, 0.25) is 0 Å². The molecular formula is C28H39F2N3O. The third-order valence-corrected chi connectivity index (χ3v) is 8.61. The van der Waals surface area contributed by atoms with Gasteiger partial charge in [-0.25, -0.2) is 8.78 Å². The van der Waals surface area contributed by atoms with Crippen molar-refractivity contribution in [2.75, 3.05) is 32.7 Å². The molecule has 5 rings (SSSR count). The zero-order valence-corrected chi connectivity index (χ0v) is 20.3. The van der Waals surface area contributed by atoms with Gasteiger partial charge >= 0.3 is 0 Å². The molecule has 1 N–H and O–H groups in total. The van der Waals surface area contributed by atoms with E-state index in [4.69, 9.17) is 0 Å². The normalized spacial score (nSPS) is 29.2. The van der Waals surface area contributed by atoms with Gasteiger partial charge in [-0.1, -0.05) is 37.0 Å². The molecule has 34 heavy (non-hydrogen) atoms. The van der Waals surface area contributed by atoms with E-state index in [-0.39, 0.29) is 0 Å². The Morgan fingerprint density at radius 2 is 1.85 bits per heavy atom. The van der Waals surface area contributed by atoms with Crippen molar-refractivity contribution >= 4 is 5.91 Å². The van der Waals surface area contributed by atoms with Crippen molar-refractivity contribution in [2.45, 2.75) is 76.3 Å². The Kier molecular flexibility index (Phi) is 7.64. The summed E-state index contributed by atoms with van der Waals surface area (Å²) >= 11 is 0. The van der Waals surface area contributed by atoms with Gasteiger partial charge in [0.25, 0.3) is 5.91 Å². The molecule has 0 radical (unpaired) electrons. The zero-order chi connectivity index (χ0) is 23.5. The summed E-state index contributed by atoms with van der Waals surface area (Å²) in [4.78, 5) is 17.7. The van der Waals surface area contributed by atoms with Gasteiger partial charge in [-0.2, -0.15) is 0 Å². The second-order valence-corrected chi connectivity index (χ2v) is 10.8. The van der Waals surface area contributed by atoms with Gasteiger partial charge in [0.15, 0.2) is 0 Å². The third-order valence-electron chi connectivity index (χ3n) is 8.61. The number of rotatable bonds is 8. The Hall–Kier alpha value is -1.79. The van der Waals surface area contributed by atoms with Crippen LogP contribution >= 0.6 is 0 Å². The van der Waals surface area contributed by atoms with E-state index in [0.717, 1.165) is 55.8 Å². The first-order valence-corrected chi connectivity index (χ1v) is 13.5. The number of carbonyl (C=O) groups is 1. The first kappa shape index (κ1) is 23.9. The van der Waals surface area contributed by atoms with E-state index < -0.39 is 23.1 Å². The number of halogens is 2. The Balaban J connectivity index is 1.05. The average molecular weight is 472 g/mol.